The minimum Gasteiger partial charge on any atom is -0.306 e. The fourth-order valence-electron chi connectivity index (χ4n) is 3.26. The largest absolute Gasteiger partial charge is 0.306 e. The summed E-state index contributed by atoms with van der Waals surface area (Å²) in [5, 5.41) is 3.77. The van der Waals surface area contributed by atoms with Crippen LogP contribution in [0.1, 0.15) is 49.3 Å². The highest BCUT2D eigenvalue weighted by molar-refractivity contribution is 6.18. The molecule has 0 aliphatic heterocycles. The van der Waals surface area contributed by atoms with Crippen LogP contribution in [0.15, 0.2) is 18.2 Å². The Kier molecular flexibility index (Phi) is 4.92. The number of hydrogen-bond donors (Lipinski definition) is 1. The summed E-state index contributed by atoms with van der Waals surface area (Å²) < 4.78 is 0. The van der Waals surface area contributed by atoms with Gasteiger partial charge in [0.2, 0.25) is 0 Å². The molecule has 0 bridgehead atoms. The van der Waals surface area contributed by atoms with Crippen LogP contribution in [0.4, 0.5) is 0 Å². The number of halogens is 1. The minimum absolute atomic E-state index is 0.148. The van der Waals surface area contributed by atoms with Crippen molar-refractivity contribution in [2.75, 3.05) is 5.88 Å². The highest BCUT2D eigenvalue weighted by atomic mass is 35.5. The Balaban J connectivity index is 2.05. The summed E-state index contributed by atoms with van der Waals surface area (Å²) in [5.74, 6) is 1.51. The van der Waals surface area contributed by atoms with Gasteiger partial charge in [-0.05, 0) is 43.7 Å². The predicted molar refractivity (Wildman–Crippen MR) is 83.8 cm³/mol. The van der Waals surface area contributed by atoms with Crippen molar-refractivity contribution in [1.29, 1.82) is 0 Å². The Labute approximate surface area is 122 Å². The maximum atomic E-state index is 6.28. The zero-order valence-electron chi connectivity index (χ0n) is 12.4. The lowest BCUT2D eigenvalue weighted by Gasteiger charge is -2.40. The zero-order chi connectivity index (χ0) is 13.9. The van der Waals surface area contributed by atoms with Crippen LogP contribution >= 0.6 is 11.6 Å². The summed E-state index contributed by atoms with van der Waals surface area (Å²) in [6, 6.07) is 6.68. The van der Waals surface area contributed by atoms with Gasteiger partial charge >= 0.3 is 0 Å². The molecular weight excluding hydrogens is 254 g/mol. The molecule has 1 N–H and O–H groups in total. The van der Waals surface area contributed by atoms with E-state index < -0.39 is 0 Å². The molecule has 0 saturated heterocycles. The molecule has 0 heterocycles. The molecule has 1 fully saturated rings. The lowest BCUT2D eigenvalue weighted by atomic mass is 9.77. The van der Waals surface area contributed by atoms with Crippen molar-refractivity contribution < 1.29 is 0 Å². The average Bonchev–Trinajstić information content (AvgIpc) is 2.40. The number of benzene rings is 1. The second kappa shape index (κ2) is 6.28. The first-order valence-corrected chi connectivity index (χ1v) is 7.95. The number of hydrogen-bond acceptors (Lipinski definition) is 1. The summed E-state index contributed by atoms with van der Waals surface area (Å²) in [6.07, 6.45) is 5.07. The molecule has 2 heteroatoms. The molecule has 1 aromatic carbocycles. The average molecular weight is 280 g/mol. The fourth-order valence-corrected chi connectivity index (χ4v) is 3.60. The van der Waals surface area contributed by atoms with Crippen LogP contribution in [0, 0.1) is 19.8 Å². The van der Waals surface area contributed by atoms with Gasteiger partial charge in [0.25, 0.3) is 0 Å². The molecular formula is C17H26ClN. The highest BCUT2D eigenvalue weighted by Crippen LogP contribution is 2.33. The molecule has 0 amide bonds. The molecule has 0 spiro atoms. The molecule has 2 unspecified atom stereocenters. The Morgan fingerprint density at radius 1 is 1.37 bits per heavy atom. The normalized spacial score (nSPS) is 27.5. The van der Waals surface area contributed by atoms with Crippen molar-refractivity contribution in [2.45, 2.75) is 58.5 Å². The molecule has 1 aliphatic carbocycles. The van der Waals surface area contributed by atoms with Gasteiger partial charge in [0.15, 0.2) is 0 Å². The predicted octanol–water partition coefficient (Wildman–Crippen LogP) is 4.58. The van der Waals surface area contributed by atoms with Crippen LogP contribution in [0.5, 0.6) is 0 Å². The molecule has 2 rings (SSSR count). The molecule has 1 saturated carbocycles. The van der Waals surface area contributed by atoms with E-state index in [-0.39, 0.29) is 5.54 Å². The van der Waals surface area contributed by atoms with Crippen LogP contribution in [-0.2, 0) is 6.54 Å². The van der Waals surface area contributed by atoms with E-state index in [1.807, 2.05) is 0 Å². The monoisotopic (exact) mass is 279 g/mol. The van der Waals surface area contributed by atoms with Gasteiger partial charge in [0.1, 0.15) is 0 Å². The summed E-state index contributed by atoms with van der Waals surface area (Å²) >= 11 is 6.28. The molecule has 0 aromatic heterocycles. The van der Waals surface area contributed by atoms with Gasteiger partial charge in [-0.3, -0.25) is 0 Å². The van der Waals surface area contributed by atoms with E-state index in [1.54, 1.807) is 0 Å². The molecule has 0 radical (unpaired) electrons. The molecule has 2 atom stereocenters. The summed E-state index contributed by atoms with van der Waals surface area (Å²) in [7, 11) is 0. The third kappa shape index (κ3) is 3.73. The minimum atomic E-state index is 0.148. The third-order valence-electron chi connectivity index (χ3n) is 4.51. The van der Waals surface area contributed by atoms with Crippen molar-refractivity contribution in [3.05, 3.63) is 34.9 Å². The van der Waals surface area contributed by atoms with Gasteiger partial charge in [-0.2, -0.15) is 0 Å². The van der Waals surface area contributed by atoms with Crippen molar-refractivity contribution in [1.82, 2.24) is 5.32 Å². The van der Waals surface area contributed by atoms with Gasteiger partial charge in [-0.1, -0.05) is 43.5 Å². The van der Waals surface area contributed by atoms with E-state index in [0.29, 0.717) is 0 Å². The number of alkyl halides is 1. The first-order valence-electron chi connectivity index (χ1n) is 7.42. The third-order valence-corrected chi connectivity index (χ3v) is 5.02. The van der Waals surface area contributed by atoms with Crippen LogP contribution in [0.25, 0.3) is 0 Å². The topological polar surface area (TPSA) is 12.0 Å². The molecule has 19 heavy (non-hydrogen) atoms. The molecule has 1 nitrogen and oxygen atoms in total. The SMILES string of the molecule is Cc1ccc(C)c(CNC2(CCl)CCCC(C)C2)c1. The number of nitrogens with one attached hydrogen (secondary N) is 1. The molecule has 1 aliphatic rings. The quantitative estimate of drug-likeness (QED) is 0.796. The zero-order valence-corrected chi connectivity index (χ0v) is 13.2. The fraction of sp³-hybridized carbons (Fsp3) is 0.647. The second-order valence-corrected chi connectivity index (χ2v) is 6.67. The van der Waals surface area contributed by atoms with Crippen LogP contribution in [-0.4, -0.2) is 11.4 Å². The van der Waals surface area contributed by atoms with Gasteiger partial charge in [0.05, 0.1) is 0 Å². The van der Waals surface area contributed by atoms with Crippen molar-refractivity contribution in [2.24, 2.45) is 5.92 Å². The lowest BCUT2D eigenvalue weighted by molar-refractivity contribution is 0.207. The van der Waals surface area contributed by atoms with Gasteiger partial charge < -0.3 is 5.32 Å². The lowest BCUT2D eigenvalue weighted by Crippen LogP contribution is -2.49. The van der Waals surface area contributed by atoms with Gasteiger partial charge in [-0.15, -0.1) is 11.6 Å². The van der Waals surface area contributed by atoms with E-state index in [1.165, 1.54) is 42.4 Å². The smallest absolute Gasteiger partial charge is 0.0406 e. The number of rotatable bonds is 4. The summed E-state index contributed by atoms with van der Waals surface area (Å²) in [4.78, 5) is 0. The van der Waals surface area contributed by atoms with Crippen LogP contribution in [0.2, 0.25) is 0 Å². The first kappa shape index (κ1) is 14.9. The maximum Gasteiger partial charge on any atom is 0.0406 e. The highest BCUT2D eigenvalue weighted by Gasteiger charge is 2.33. The van der Waals surface area contributed by atoms with E-state index in [9.17, 15) is 0 Å². The van der Waals surface area contributed by atoms with E-state index in [4.69, 9.17) is 11.6 Å². The van der Waals surface area contributed by atoms with E-state index >= 15 is 0 Å². The van der Waals surface area contributed by atoms with E-state index in [2.05, 4.69) is 44.3 Å². The first-order chi connectivity index (χ1) is 9.04. The molecule has 1 aromatic rings. The standard InChI is InChI=1S/C17H26ClN/c1-13-6-7-15(3)16(9-13)11-19-17(12-18)8-4-5-14(2)10-17/h6-7,9,14,19H,4-5,8,10-12H2,1-3H3. The maximum absolute atomic E-state index is 6.28. The Morgan fingerprint density at radius 2 is 2.16 bits per heavy atom. The Hall–Kier alpha value is -0.530. The van der Waals surface area contributed by atoms with Crippen LogP contribution < -0.4 is 5.32 Å². The Bertz CT molecular complexity index is 429. The van der Waals surface area contributed by atoms with E-state index in [0.717, 1.165) is 18.3 Å². The summed E-state index contributed by atoms with van der Waals surface area (Å²) in [5.41, 5.74) is 4.25. The van der Waals surface area contributed by atoms with Crippen molar-refractivity contribution in [3.63, 3.8) is 0 Å². The molecule has 106 valence electrons. The van der Waals surface area contributed by atoms with Gasteiger partial charge in [0, 0.05) is 18.0 Å². The van der Waals surface area contributed by atoms with Crippen molar-refractivity contribution in [3.8, 4) is 0 Å². The second-order valence-electron chi connectivity index (χ2n) is 6.40. The van der Waals surface area contributed by atoms with Gasteiger partial charge in [-0.25, -0.2) is 0 Å². The Morgan fingerprint density at radius 3 is 2.84 bits per heavy atom. The van der Waals surface area contributed by atoms with Crippen LogP contribution in [0.3, 0.4) is 0 Å². The number of aryl methyl sites for hydroxylation is 2. The summed E-state index contributed by atoms with van der Waals surface area (Å²) in [6.45, 7) is 7.63. The van der Waals surface area contributed by atoms with Crippen molar-refractivity contribution >= 4 is 11.6 Å².